The zero-order chi connectivity index (χ0) is 13.6. The van der Waals surface area contributed by atoms with Gasteiger partial charge in [-0.25, -0.2) is 17.2 Å². The first-order valence-electron chi connectivity index (χ1n) is 5.39. The smallest absolute Gasteiger partial charge is 0.262 e. The summed E-state index contributed by atoms with van der Waals surface area (Å²) in [4.78, 5) is -0.155. The highest BCUT2D eigenvalue weighted by atomic mass is 32.2. The number of phenols is 1. The molecular formula is C11H13F2NO3S. The molecule has 1 N–H and O–H groups in total. The van der Waals surface area contributed by atoms with Crippen molar-refractivity contribution >= 4 is 10.0 Å². The van der Waals surface area contributed by atoms with Gasteiger partial charge in [-0.3, -0.25) is 0 Å². The number of sulfonamides is 1. The lowest BCUT2D eigenvalue weighted by atomic mass is 10.2. The summed E-state index contributed by atoms with van der Waals surface area (Å²) >= 11 is 0. The molecule has 0 atom stereocenters. The number of rotatable bonds is 2. The minimum Gasteiger partial charge on any atom is -0.508 e. The molecule has 7 heteroatoms. The van der Waals surface area contributed by atoms with Gasteiger partial charge in [-0.1, -0.05) is 0 Å². The minimum atomic E-state index is -3.96. The number of aryl methyl sites for hydroxylation is 1. The summed E-state index contributed by atoms with van der Waals surface area (Å²) in [6.07, 6.45) is -0.468. The van der Waals surface area contributed by atoms with Gasteiger partial charge in [-0.15, -0.1) is 0 Å². The van der Waals surface area contributed by atoms with E-state index in [0.29, 0.717) is 5.56 Å². The summed E-state index contributed by atoms with van der Waals surface area (Å²) in [6, 6.07) is 3.82. The molecule has 18 heavy (non-hydrogen) atoms. The number of phenolic OH excluding ortho intramolecular Hbond substituents is 1. The average Bonchev–Trinajstić information content (AvgIpc) is 2.58. The fraction of sp³-hybridized carbons (Fsp3) is 0.455. The second-order valence-corrected chi connectivity index (χ2v) is 6.39. The van der Waals surface area contributed by atoms with Gasteiger partial charge in [-0.05, 0) is 30.7 Å². The first-order valence-corrected chi connectivity index (χ1v) is 6.83. The van der Waals surface area contributed by atoms with Crippen molar-refractivity contribution in [1.82, 2.24) is 4.31 Å². The number of benzene rings is 1. The third kappa shape index (κ3) is 2.46. The van der Waals surface area contributed by atoms with Gasteiger partial charge in [0.15, 0.2) is 0 Å². The van der Waals surface area contributed by atoms with Crippen molar-refractivity contribution in [3.05, 3.63) is 23.8 Å². The van der Waals surface area contributed by atoms with Crippen LogP contribution in [0.3, 0.4) is 0 Å². The molecule has 1 aromatic rings. The standard InChI is InChI=1S/C11H13F2NO3S/c1-8-4-9(15)6-10(5-8)18(16,17)14-3-2-11(12,13)7-14/h4-6,15H,2-3,7H2,1H3. The van der Waals surface area contributed by atoms with E-state index in [2.05, 4.69) is 0 Å². The topological polar surface area (TPSA) is 57.6 Å². The van der Waals surface area contributed by atoms with Crippen molar-refractivity contribution in [2.45, 2.75) is 24.2 Å². The normalized spacial score (nSPS) is 20.2. The molecule has 0 amide bonds. The Labute approximate surface area is 104 Å². The van der Waals surface area contributed by atoms with Gasteiger partial charge in [0.05, 0.1) is 11.4 Å². The SMILES string of the molecule is Cc1cc(O)cc(S(=O)(=O)N2CCC(F)(F)C2)c1. The van der Waals surface area contributed by atoms with E-state index in [4.69, 9.17) is 0 Å². The number of hydrogen-bond acceptors (Lipinski definition) is 3. The van der Waals surface area contributed by atoms with Crippen molar-refractivity contribution in [3.63, 3.8) is 0 Å². The number of hydrogen-bond donors (Lipinski definition) is 1. The number of aromatic hydroxyl groups is 1. The Morgan fingerprint density at radius 3 is 2.50 bits per heavy atom. The fourth-order valence-electron chi connectivity index (χ4n) is 1.94. The zero-order valence-electron chi connectivity index (χ0n) is 9.73. The van der Waals surface area contributed by atoms with Crippen LogP contribution in [0.25, 0.3) is 0 Å². The maximum atomic E-state index is 13.0. The van der Waals surface area contributed by atoms with Crippen LogP contribution in [0.2, 0.25) is 0 Å². The Hall–Kier alpha value is -1.21. The van der Waals surface area contributed by atoms with Crippen molar-refractivity contribution in [2.24, 2.45) is 0 Å². The van der Waals surface area contributed by atoms with E-state index in [1.165, 1.54) is 12.1 Å². The molecule has 0 aromatic heterocycles. The molecule has 4 nitrogen and oxygen atoms in total. The summed E-state index contributed by atoms with van der Waals surface area (Å²) in [7, 11) is -3.96. The maximum Gasteiger partial charge on any atom is 0.262 e. The summed E-state index contributed by atoms with van der Waals surface area (Å²) in [5, 5.41) is 9.37. The van der Waals surface area contributed by atoms with E-state index < -0.39 is 28.9 Å². The van der Waals surface area contributed by atoms with Gasteiger partial charge in [0.2, 0.25) is 10.0 Å². The molecule has 0 aliphatic carbocycles. The van der Waals surface area contributed by atoms with Crippen molar-refractivity contribution in [3.8, 4) is 5.75 Å². The van der Waals surface area contributed by atoms with Gasteiger partial charge in [-0.2, -0.15) is 4.31 Å². The highest BCUT2D eigenvalue weighted by Gasteiger charge is 2.43. The fourth-order valence-corrected chi connectivity index (χ4v) is 3.53. The molecule has 1 aliphatic heterocycles. The predicted octanol–water partition coefficient (Wildman–Crippen LogP) is 1.73. The summed E-state index contributed by atoms with van der Waals surface area (Å²) in [5.41, 5.74) is 0.555. The zero-order valence-corrected chi connectivity index (χ0v) is 10.5. The summed E-state index contributed by atoms with van der Waals surface area (Å²) in [6.45, 7) is 0.616. The second kappa shape index (κ2) is 4.17. The third-order valence-electron chi connectivity index (χ3n) is 2.81. The van der Waals surface area contributed by atoms with Crippen LogP contribution < -0.4 is 0 Å². The molecule has 1 aromatic carbocycles. The van der Waals surface area contributed by atoms with Gasteiger partial charge >= 0.3 is 0 Å². The predicted molar refractivity (Wildman–Crippen MR) is 61.2 cm³/mol. The number of nitrogens with zero attached hydrogens (tertiary/aromatic N) is 1. The lowest BCUT2D eigenvalue weighted by molar-refractivity contribution is 0.0183. The second-order valence-electron chi connectivity index (χ2n) is 4.45. The van der Waals surface area contributed by atoms with E-state index in [9.17, 15) is 22.3 Å². The number of halogens is 2. The van der Waals surface area contributed by atoms with Gasteiger partial charge in [0, 0.05) is 13.0 Å². The van der Waals surface area contributed by atoms with Crippen LogP contribution in [0, 0.1) is 6.92 Å². The molecular weight excluding hydrogens is 264 g/mol. The Kier molecular flexibility index (Phi) is 3.06. The summed E-state index contributed by atoms with van der Waals surface area (Å²) in [5.74, 6) is -3.17. The highest BCUT2D eigenvalue weighted by Crippen LogP contribution is 2.32. The Morgan fingerprint density at radius 1 is 1.33 bits per heavy atom. The lowest BCUT2D eigenvalue weighted by Gasteiger charge is -2.16. The monoisotopic (exact) mass is 277 g/mol. The first kappa shape index (κ1) is 13.2. The van der Waals surface area contributed by atoms with Crippen molar-refractivity contribution in [1.29, 1.82) is 0 Å². The molecule has 100 valence electrons. The molecule has 2 rings (SSSR count). The minimum absolute atomic E-state index is 0.155. The van der Waals surface area contributed by atoms with Crippen molar-refractivity contribution < 1.29 is 22.3 Å². The first-order chi connectivity index (χ1) is 8.21. The number of alkyl halides is 2. The molecule has 0 spiro atoms. The van der Waals surface area contributed by atoms with E-state index >= 15 is 0 Å². The molecule has 1 aliphatic rings. The van der Waals surface area contributed by atoms with Gasteiger partial charge in [0.1, 0.15) is 5.75 Å². The van der Waals surface area contributed by atoms with Crippen LogP contribution in [-0.2, 0) is 10.0 Å². The highest BCUT2D eigenvalue weighted by molar-refractivity contribution is 7.89. The van der Waals surface area contributed by atoms with E-state index in [-0.39, 0.29) is 17.2 Å². The molecule has 1 saturated heterocycles. The summed E-state index contributed by atoms with van der Waals surface area (Å²) < 4.78 is 51.1. The van der Waals surface area contributed by atoms with Crippen LogP contribution in [0.15, 0.2) is 23.1 Å². The molecule has 0 unspecified atom stereocenters. The van der Waals surface area contributed by atoms with E-state index in [1.807, 2.05) is 0 Å². The maximum absolute atomic E-state index is 13.0. The van der Waals surface area contributed by atoms with Gasteiger partial charge < -0.3 is 5.11 Å². The molecule has 1 heterocycles. The Balaban J connectivity index is 2.37. The average molecular weight is 277 g/mol. The quantitative estimate of drug-likeness (QED) is 0.895. The lowest BCUT2D eigenvalue weighted by Crippen LogP contribution is -2.31. The van der Waals surface area contributed by atoms with Crippen molar-refractivity contribution in [2.75, 3.05) is 13.1 Å². The van der Waals surface area contributed by atoms with Crippen LogP contribution in [0.5, 0.6) is 5.75 Å². The van der Waals surface area contributed by atoms with Crippen LogP contribution in [-0.4, -0.2) is 36.8 Å². The molecule has 0 radical (unpaired) electrons. The molecule has 1 fully saturated rings. The Bertz CT molecular complexity index is 551. The Morgan fingerprint density at radius 2 is 2.00 bits per heavy atom. The van der Waals surface area contributed by atoms with Gasteiger partial charge in [0.25, 0.3) is 5.92 Å². The van der Waals surface area contributed by atoms with Crippen LogP contribution in [0.1, 0.15) is 12.0 Å². The largest absolute Gasteiger partial charge is 0.508 e. The van der Waals surface area contributed by atoms with Crippen LogP contribution in [0.4, 0.5) is 8.78 Å². The van der Waals surface area contributed by atoms with E-state index in [1.54, 1.807) is 6.92 Å². The molecule has 0 saturated carbocycles. The van der Waals surface area contributed by atoms with Crippen LogP contribution >= 0.6 is 0 Å². The third-order valence-corrected chi connectivity index (χ3v) is 4.63. The van der Waals surface area contributed by atoms with E-state index in [0.717, 1.165) is 10.4 Å². The molecule has 0 bridgehead atoms.